The van der Waals surface area contributed by atoms with E-state index >= 15 is 0 Å². The molecule has 0 aromatic rings. The number of carbonyl (C=O) groups is 4. The van der Waals surface area contributed by atoms with Crippen molar-refractivity contribution >= 4 is 32.0 Å². The van der Waals surface area contributed by atoms with E-state index in [1.165, 1.54) is 0 Å². The fraction of sp³-hybridized carbons (Fsp3) is 0.778. The van der Waals surface area contributed by atoms with E-state index < -0.39 is 42.8 Å². The maximum atomic E-state index is 13.8. The van der Waals surface area contributed by atoms with Gasteiger partial charge in [-0.25, -0.2) is 0 Å². The molecule has 0 saturated carbocycles. The lowest BCUT2D eigenvalue weighted by atomic mass is 9.58. The van der Waals surface area contributed by atoms with Gasteiger partial charge in [-0.1, -0.05) is 63.5 Å². The minimum Gasteiger partial charge on any atom is -0.465 e. The molecule has 0 fully saturated rings. The van der Waals surface area contributed by atoms with E-state index in [2.05, 4.69) is 20.8 Å². The minimum atomic E-state index is -2.29. The van der Waals surface area contributed by atoms with Gasteiger partial charge in [-0.3, -0.25) is 19.2 Å². The van der Waals surface area contributed by atoms with E-state index in [1.807, 2.05) is 0 Å². The molecule has 0 aliphatic rings. The molecule has 0 N–H and O–H groups in total. The van der Waals surface area contributed by atoms with E-state index in [1.54, 1.807) is 46.8 Å². The molecule has 8 nitrogen and oxygen atoms in total. The third-order valence-electron chi connectivity index (χ3n) is 7.39. The topological polar surface area (TPSA) is 105 Å². The predicted molar refractivity (Wildman–Crippen MR) is 142 cm³/mol. The zero-order valence-corrected chi connectivity index (χ0v) is 24.7. The monoisotopic (exact) mass is 528 g/mol. The van der Waals surface area contributed by atoms with Gasteiger partial charge < -0.3 is 18.9 Å². The third-order valence-corrected chi connectivity index (χ3v) is 13.3. The van der Waals surface area contributed by atoms with Crippen LogP contribution in [0, 0.1) is 10.8 Å². The molecule has 0 heterocycles. The first kappa shape index (κ1) is 33.8. The largest absolute Gasteiger partial charge is 0.465 e. The van der Waals surface area contributed by atoms with Gasteiger partial charge >= 0.3 is 23.9 Å². The molecule has 0 atom stereocenters. The van der Waals surface area contributed by atoms with Crippen molar-refractivity contribution < 1.29 is 38.1 Å². The molecule has 0 aliphatic carbocycles. The van der Waals surface area contributed by atoms with E-state index in [-0.39, 0.29) is 39.3 Å². The second-order valence-corrected chi connectivity index (χ2v) is 14.5. The van der Waals surface area contributed by atoms with Crippen molar-refractivity contribution in [3.8, 4) is 0 Å². The highest BCUT2D eigenvalue weighted by molar-refractivity contribution is 6.79. The number of hydrogen-bond donors (Lipinski definition) is 0. The Labute approximate surface area is 218 Å². The van der Waals surface area contributed by atoms with Gasteiger partial charge in [0, 0.05) is 0 Å². The summed E-state index contributed by atoms with van der Waals surface area (Å²) in [6.45, 7) is 14.5. The smallest absolute Gasteiger partial charge is 0.325 e. The third kappa shape index (κ3) is 7.20. The van der Waals surface area contributed by atoms with Crippen molar-refractivity contribution in [1.82, 2.24) is 0 Å². The molecule has 0 unspecified atom stereocenters. The number of esters is 4. The second-order valence-electron chi connectivity index (χ2n) is 8.88. The van der Waals surface area contributed by atoms with Gasteiger partial charge in [-0.05, 0) is 47.5 Å². The molecule has 0 aromatic heterocycles. The van der Waals surface area contributed by atoms with Crippen LogP contribution in [0.5, 0.6) is 0 Å². The van der Waals surface area contributed by atoms with Crippen LogP contribution in [0.3, 0.4) is 0 Å². The van der Waals surface area contributed by atoms with Crippen molar-refractivity contribution in [2.45, 2.75) is 98.8 Å². The molecule has 0 radical (unpaired) electrons. The lowest BCUT2D eigenvalue weighted by Gasteiger charge is -2.43. The highest BCUT2D eigenvalue weighted by Crippen LogP contribution is 2.51. The second kappa shape index (κ2) is 16.6. The van der Waals surface area contributed by atoms with Gasteiger partial charge in [0.1, 0.15) is 0 Å². The van der Waals surface area contributed by atoms with Gasteiger partial charge in [-0.15, -0.1) is 0 Å². The normalized spacial score (nSPS) is 12.3. The first-order valence-corrected chi connectivity index (χ1v) is 16.3. The Kier molecular flexibility index (Phi) is 15.6. The zero-order valence-electron chi connectivity index (χ0n) is 23.7. The number of rotatable bonds is 18. The molecule has 0 saturated heterocycles. The van der Waals surface area contributed by atoms with Crippen LogP contribution in [0.1, 0.15) is 74.7 Å². The fourth-order valence-electron chi connectivity index (χ4n) is 4.94. The van der Waals surface area contributed by atoms with Crippen LogP contribution in [-0.2, 0) is 38.1 Å². The van der Waals surface area contributed by atoms with Crippen molar-refractivity contribution in [2.24, 2.45) is 10.8 Å². The molecule has 0 aliphatic heterocycles. The summed E-state index contributed by atoms with van der Waals surface area (Å²) >= 11 is 0. The Bertz CT molecular complexity index is 698. The van der Waals surface area contributed by atoms with Crippen LogP contribution < -0.4 is 0 Å². The number of hydrogen-bond acceptors (Lipinski definition) is 8. The van der Waals surface area contributed by atoms with Crippen LogP contribution in [0.25, 0.3) is 0 Å². The van der Waals surface area contributed by atoms with E-state index in [9.17, 15) is 19.2 Å². The lowest BCUT2D eigenvalue weighted by molar-refractivity contribution is -0.204. The van der Waals surface area contributed by atoms with Gasteiger partial charge in [0.05, 0.1) is 34.5 Å². The Morgan fingerprint density at radius 1 is 0.639 bits per heavy atom. The van der Waals surface area contributed by atoms with E-state index in [0.717, 1.165) is 24.2 Å². The van der Waals surface area contributed by atoms with Crippen LogP contribution in [0.2, 0.25) is 24.2 Å². The Morgan fingerprint density at radius 2 is 1.00 bits per heavy atom. The van der Waals surface area contributed by atoms with Gasteiger partial charge in [0.2, 0.25) is 0 Å². The molecule has 0 bridgehead atoms. The summed E-state index contributed by atoms with van der Waals surface area (Å²) in [4.78, 5) is 55.1. The fourth-order valence-corrected chi connectivity index (χ4v) is 8.43. The molecule has 0 aromatic carbocycles. The molecule has 9 heteroatoms. The molecule has 208 valence electrons. The van der Waals surface area contributed by atoms with Gasteiger partial charge in [-0.2, -0.15) is 0 Å². The quantitative estimate of drug-likeness (QED) is 0.0758. The average molecular weight is 529 g/mol. The highest BCUT2D eigenvalue weighted by atomic mass is 28.3. The summed E-state index contributed by atoms with van der Waals surface area (Å²) in [5.74, 6) is -3.92. The Balaban J connectivity index is 7.36. The number of ether oxygens (including phenoxy) is 4. The SMILES string of the molecule is C/C=C\CC(C(=O)OCC)(C(=O)OCC)C(CCC[Si](CC)(CC)CC)(C(=O)OCC)C(=O)OCC. The average Bonchev–Trinajstić information content (AvgIpc) is 2.86. The summed E-state index contributed by atoms with van der Waals surface area (Å²) < 4.78 is 21.6. The maximum Gasteiger partial charge on any atom is 0.325 e. The minimum absolute atomic E-state index is 0.0388. The van der Waals surface area contributed by atoms with Crippen molar-refractivity contribution in [1.29, 1.82) is 0 Å². The van der Waals surface area contributed by atoms with E-state index in [4.69, 9.17) is 18.9 Å². The van der Waals surface area contributed by atoms with Crippen LogP contribution in [-0.4, -0.2) is 58.4 Å². The summed E-state index contributed by atoms with van der Waals surface area (Å²) in [7, 11) is -1.64. The van der Waals surface area contributed by atoms with Gasteiger partial charge in [0.15, 0.2) is 10.8 Å². The Morgan fingerprint density at radius 3 is 1.31 bits per heavy atom. The van der Waals surface area contributed by atoms with Crippen LogP contribution >= 0.6 is 0 Å². The van der Waals surface area contributed by atoms with Crippen molar-refractivity contribution in [2.75, 3.05) is 26.4 Å². The molecular formula is C27H48O8Si. The number of allylic oxidation sites excluding steroid dienone is 2. The molecule has 0 amide bonds. The van der Waals surface area contributed by atoms with Crippen LogP contribution in [0.4, 0.5) is 0 Å². The summed E-state index contributed by atoms with van der Waals surface area (Å²) in [5.41, 5.74) is -4.55. The highest BCUT2D eigenvalue weighted by Gasteiger charge is 2.72. The first-order chi connectivity index (χ1) is 17.1. The first-order valence-electron chi connectivity index (χ1n) is 13.4. The lowest BCUT2D eigenvalue weighted by Crippen LogP contribution is -2.63. The van der Waals surface area contributed by atoms with Crippen molar-refractivity contribution in [3.63, 3.8) is 0 Å². The molecule has 36 heavy (non-hydrogen) atoms. The maximum absolute atomic E-state index is 13.8. The molecule has 0 rings (SSSR count). The van der Waals surface area contributed by atoms with Gasteiger partial charge in [0.25, 0.3) is 0 Å². The summed E-state index contributed by atoms with van der Waals surface area (Å²) in [6.07, 6.45) is 3.32. The van der Waals surface area contributed by atoms with Crippen LogP contribution in [0.15, 0.2) is 12.2 Å². The zero-order chi connectivity index (χ0) is 27.8. The van der Waals surface area contributed by atoms with E-state index in [0.29, 0.717) is 6.42 Å². The summed E-state index contributed by atoms with van der Waals surface area (Å²) in [5, 5.41) is 0. The van der Waals surface area contributed by atoms with Crippen molar-refractivity contribution in [3.05, 3.63) is 12.2 Å². The molecule has 0 spiro atoms. The predicted octanol–water partition coefficient (Wildman–Crippen LogP) is 5.47. The molecular weight excluding hydrogens is 480 g/mol. The Hall–Kier alpha value is -2.16. The number of carbonyl (C=O) groups excluding carboxylic acids is 4. The summed E-state index contributed by atoms with van der Waals surface area (Å²) in [6, 6.07) is 4.02. The standard InChI is InChI=1S/C27H48O8Si/c1-9-17-19-26(22(28)32-10-2,23(29)33-11-3)27(24(30)34-12-4,25(31)35-13-5)20-18-21-36(14-6,15-7)16-8/h9,17H,10-16,18-21H2,1-8H3/b17-9-.